The van der Waals surface area contributed by atoms with E-state index in [1.54, 1.807) is 37.4 Å². The number of aryl methyl sites for hydroxylation is 1. The highest BCUT2D eigenvalue weighted by Gasteiger charge is 2.26. The molecule has 1 saturated carbocycles. The minimum Gasteiger partial charge on any atom is -0.449 e. The molecule has 150 valence electrons. The summed E-state index contributed by atoms with van der Waals surface area (Å²) in [7, 11) is 0. The van der Waals surface area contributed by atoms with E-state index in [1.807, 2.05) is 6.92 Å². The van der Waals surface area contributed by atoms with E-state index < -0.39 is 12.1 Å². The number of aromatic nitrogens is 2. The number of amides is 1. The molecule has 28 heavy (non-hydrogen) atoms. The van der Waals surface area contributed by atoms with Gasteiger partial charge in [-0.1, -0.05) is 19.8 Å². The second-order valence-corrected chi connectivity index (χ2v) is 7.54. The summed E-state index contributed by atoms with van der Waals surface area (Å²) >= 11 is 0. The monoisotopic (exact) mass is 385 g/mol. The number of rotatable bonds is 5. The number of hydrogen-bond donors (Lipinski definition) is 2. The number of ether oxygens (including phenoxy) is 1. The van der Waals surface area contributed by atoms with Crippen molar-refractivity contribution in [1.82, 2.24) is 14.9 Å². The first-order valence-corrected chi connectivity index (χ1v) is 9.75. The number of H-pyrrole nitrogens is 1. The number of nitrogens with zero attached hydrogens (tertiary/aromatic N) is 1. The van der Waals surface area contributed by atoms with Crippen LogP contribution in [-0.2, 0) is 9.53 Å². The maximum Gasteiger partial charge on any atom is 0.338 e. The van der Waals surface area contributed by atoms with Gasteiger partial charge in [0.05, 0.1) is 11.3 Å². The first-order chi connectivity index (χ1) is 13.4. The van der Waals surface area contributed by atoms with Gasteiger partial charge in [-0.2, -0.15) is 0 Å². The molecule has 0 spiro atoms. The van der Waals surface area contributed by atoms with Crippen LogP contribution in [0.15, 0.2) is 35.3 Å². The van der Waals surface area contributed by atoms with E-state index in [9.17, 15) is 14.4 Å². The normalized spacial score (nSPS) is 20.4. The fourth-order valence-electron chi connectivity index (χ4n) is 3.64. The Morgan fingerprint density at radius 3 is 2.50 bits per heavy atom. The van der Waals surface area contributed by atoms with E-state index in [2.05, 4.69) is 17.2 Å². The van der Waals surface area contributed by atoms with Crippen molar-refractivity contribution in [2.45, 2.75) is 58.6 Å². The van der Waals surface area contributed by atoms with Gasteiger partial charge in [-0.05, 0) is 56.9 Å². The molecule has 1 aromatic carbocycles. The van der Waals surface area contributed by atoms with Gasteiger partial charge in [0.15, 0.2) is 6.10 Å². The third kappa shape index (κ3) is 4.35. The molecule has 3 rings (SSSR count). The van der Waals surface area contributed by atoms with Crippen molar-refractivity contribution in [1.29, 1.82) is 0 Å². The van der Waals surface area contributed by atoms with Crippen LogP contribution in [0.3, 0.4) is 0 Å². The summed E-state index contributed by atoms with van der Waals surface area (Å²) in [5, 5.41) is 3.01. The Morgan fingerprint density at radius 2 is 1.89 bits per heavy atom. The number of aromatic amines is 1. The summed E-state index contributed by atoms with van der Waals surface area (Å²) in [4.78, 5) is 39.2. The van der Waals surface area contributed by atoms with Crippen molar-refractivity contribution in [3.05, 3.63) is 52.2 Å². The minimum atomic E-state index is -0.865. The van der Waals surface area contributed by atoms with Gasteiger partial charge in [0.1, 0.15) is 0 Å². The Balaban J connectivity index is 1.61. The summed E-state index contributed by atoms with van der Waals surface area (Å²) in [6.07, 6.45) is 5.14. The Bertz CT molecular complexity index is 897. The van der Waals surface area contributed by atoms with Crippen LogP contribution in [0, 0.1) is 12.8 Å². The van der Waals surface area contributed by atoms with Gasteiger partial charge in [-0.3, -0.25) is 9.36 Å². The van der Waals surface area contributed by atoms with Gasteiger partial charge in [-0.15, -0.1) is 0 Å². The Labute approximate surface area is 164 Å². The van der Waals surface area contributed by atoms with Crippen LogP contribution < -0.4 is 11.0 Å². The van der Waals surface area contributed by atoms with Crippen molar-refractivity contribution in [2.75, 3.05) is 0 Å². The van der Waals surface area contributed by atoms with E-state index in [-0.39, 0.29) is 17.6 Å². The molecule has 2 aromatic rings. The lowest BCUT2D eigenvalue weighted by molar-refractivity contribution is -0.130. The molecule has 1 fully saturated rings. The highest BCUT2D eigenvalue weighted by atomic mass is 16.5. The first-order valence-electron chi connectivity index (χ1n) is 9.75. The molecular weight excluding hydrogens is 358 g/mol. The van der Waals surface area contributed by atoms with Crippen molar-refractivity contribution in [2.24, 2.45) is 5.92 Å². The van der Waals surface area contributed by atoms with Gasteiger partial charge in [0.25, 0.3) is 5.91 Å². The molecule has 7 nitrogen and oxygen atoms in total. The van der Waals surface area contributed by atoms with E-state index in [1.165, 1.54) is 11.0 Å². The number of hydrogen-bond acceptors (Lipinski definition) is 4. The van der Waals surface area contributed by atoms with E-state index in [4.69, 9.17) is 4.74 Å². The number of carbonyl (C=O) groups excluding carboxylic acids is 2. The van der Waals surface area contributed by atoms with Crippen LogP contribution >= 0.6 is 0 Å². The Hall–Kier alpha value is -2.83. The zero-order chi connectivity index (χ0) is 20.3. The van der Waals surface area contributed by atoms with Crippen LogP contribution in [0.1, 0.15) is 55.6 Å². The average molecular weight is 385 g/mol. The molecule has 1 aliphatic carbocycles. The molecule has 0 aliphatic heterocycles. The molecule has 0 radical (unpaired) electrons. The van der Waals surface area contributed by atoms with Crippen LogP contribution in [0.5, 0.6) is 0 Å². The average Bonchev–Trinajstić information content (AvgIpc) is 3.02. The van der Waals surface area contributed by atoms with E-state index >= 15 is 0 Å². The fourth-order valence-corrected chi connectivity index (χ4v) is 3.64. The van der Waals surface area contributed by atoms with Gasteiger partial charge in [0.2, 0.25) is 0 Å². The molecule has 1 aliphatic rings. The number of carbonyl (C=O) groups is 2. The highest BCUT2D eigenvalue weighted by Crippen LogP contribution is 2.23. The SMILES string of the molecule is Cc1c[nH]c(=O)n1-c1ccc(C(=O)O[C@H](C)C(=O)N[C@H]2CCCC[C@H]2C)cc1. The second-order valence-electron chi connectivity index (χ2n) is 7.54. The van der Waals surface area contributed by atoms with Crippen LogP contribution in [0.4, 0.5) is 0 Å². The lowest BCUT2D eigenvalue weighted by Crippen LogP contribution is -2.45. The predicted molar refractivity (Wildman–Crippen MR) is 106 cm³/mol. The zero-order valence-corrected chi connectivity index (χ0v) is 16.5. The number of nitrogens with one attached hydrogen (secondary N) is 2. The summed E-state index contributed by atoms with van der Waals surface area (Å²) in [6, 6.07) is 6.67. The third-order valence-corrected chi connectivity index (χ3v) is 5.41. The smallest absolute Gasteiger partial charge is 0.338 e. The van der Waals surface area contributed by atoms with Gasteiger partial charge in [0, 0.05) is 17.9 Å². The number of imidazole rings is 1. The molecule has 1 heterocycles. The molecule has 1 aromatic heterocycles. The predicted octanol–water partition coefficient (Wildman–Crippen LogP) is 2.71. The Kier molecular flexibility index (Phi) is 6.02. The Morgan fingerprint density at radius 1 is 1.21 bits per heavy atom. The lowest BCUT2D eigenvalue weighted by Gasteiger charge is -2.30. The zero-order valence-electron chi connectivity index (χ0n) is 16.5. The summed E-state index contributed by atoms with van der Waals surface area (Å²) < 4.78 is 6.84. The third-order valence-electron chi connectivity index (χ3n) is 5.41. The van der Waals surface area contributed by atoms with E-state index in [0.717, 1.165) is 25.0 Å². The van der Waals surface area contributed by atoms with Crippen LogP contribution in [0.25, 0.3) is 5.69 Å². The summed E-state index contributed by atoms with van der Waals surface area (Å²) in [5.74, 6) is -0.393. The standard InChI is InChI=1S/C21H27N3O4/c1-13-6-4-5-7-18(13)23-19(25)15(3)28-20(26)16-8-10-17(11-9-16)24-14(2)12-22-21(24)27/h8-13,15,18H,4-7H2,1-3H3,(H,22,27)(H,23,25)/t13-,15-,18+/m1/s1. The molecule has 7 heteroatoms. The summed E-state index contributed by atoms with van der Waals surface area (Å²) in [5.41, 5.74) is 1.51. The fraction of sp³-hybridized carbons (Fsp3) is 0.476. The molecule has 3 atom stereocenters. The topological polar surface area (TPSA) is 93.2 Å². The molecule has 2 N–H and O–H groups in total. The number of esters is 1. The van der Waals surface area contributed by atoms with Crippen molar-refractivity contribution >= 4 is 11.9 Å². The molecule has 0 bridgehead atoms. The van der Waals surface area contributed by atoms with Crippen molar-refractivity contribution in [3.63, 3.8) is 0 Å². The minimum absolute atomic E-state index is 0.143. The molecule has 0 saturated heterocycles. The molecular formula is C21H27N3O4. The van der Waals surface area contributed by atoms with Gasteiger partial charge < -0.3 is 15.0 Å². The van der Waals surface area contributed by atoms with Gasteiger partial charge in [-0.25, -0.2) is 9.59 Å². The highest BCUT2D eigenvalue weighted by molar-refractivity contribution is 5.92. The van der Waals surface area contributed by atoms with Crippen molar-refractivity contribution < 1.29 is 14.3 Å². The van der Waals surface area contributed by atoms with E-state index in [0.29, 0.717) is 17.2 Å². The maximum absolute atomic E-state index is 12.4. The molecule has 0 unspecified atom stereocenters. The van der Waals surface area contributed by atoms with Crippen LogP contribution in [0.2, 0.25) is 0 Å². The first kappa shape index (κ1) is 19.9. The number of benzene rings is 1. The van der Waals surface area contributed by atoms with Gasteiger partial charge >= 0.3 is 11.7 Å². The summed E-state index contributed by atoms with van der Waals surface area (Å²) in [6.45, 7) is 5.53. The largest absolute Gasteiger partial charge is 0.449 e. The lowest BCUT2D eigenvalue weighted by atomic mass is 9.86. The van der Waals surface area contributed by atoms with Crippen LogP contribution in [-0.4, -0.2) is 33.6 Å². The quantitative estimate of drug-likeness (QED) is 0.774. The maximum atomic E-state index is 12.4. The van der Waals surface area contributed by atoms with Crippen molar-refractivity contribution in [3.8, 4) is 5.69 Å². The second kappa shape index (κ2) is 8.46. The molecule has 1 amide bonds.